The molecule has 1 aliphatic heterocycles. The molecule has 9 heteroatoms. The molecule has 0 aromatic heterocycles. The van der Waals surface area contributed by atoms with Crippen LogP contribution in [0.4, 0.5) is 5.69 Å². The van der Waals surface area contributed by atoms with Gasteiger partial charge in [-0.1, -0.05) is 24.3 Å². The summed E-state index contributed by atoms with van der Waals surface area (Å²) in [5.74, 6) is 0.892. The van der Waals surface area contributed by atoms with Crippen molar-refractivity contribution in [3.05, 3.63) is 54.1 Å². The van der Waals surface area contributed by atoms with Crippen molar-refractivity contribution in [1.82, 2.24) is 9.62 Å². The van der Waals surface area contributed by atoms with Crippen molar-refractivity contribution in [3.63, 3.8) is 0 Å². The topological polar surface area (TPSA) is 88.2 Å². The van der Waals surface area contributed by atoms with E-state index in [-0.39, 0.29) is 12.6 Å². The van der Waals surface area contributed by atoms with Gasteiger partial charge in [0.1, 0.15) is 19.8 Å². The molecule has 0 aliphatic carbocycles. The second-order valence-corrected chi connectivity index (χ2v) is 8.89. The van der Waals surface area contributed by atoms with Crippen LogP contribution < -0.4 is 19.1 Å². The molecule has 29 heavy (non-hydrogen) atoms. The Kier molecular flexibility index (Phi) is 6.29. The number of anilines is 1. The Hall–Kier alpha value is -2.78. The predicted molar refractivity (Wildman–Crippen MR) is 110 cm³/mol. The third kappa shape index (κ3) is 4.80. The summed E-state index contributed by atoms with van der Waals surface area (Å²) in [5.41, 5.74) is 1.26. The fourth-order valence-electron chi connectivity index (χ4n) is 2.93. The lowest BCUT2D eigenvalue weighted by atomic mass is 10.1. The number of rotatable bonds is 7. The van der Waals surface area contributed by atoms with Gasteiger partial charge in [0.2, 0.25) is 5.91 Å². The summed E-state index contributed by atoms with van der Waals surface area (Å²) in [4.78, 5) is 12.7. The molecule has 1 aliphatic rings. The number of ether oxygens (including phenoxy) is 2. The van der Waals surface area contributed by atoms with E-state index >= 15 is 0 Å². The van der Waals surface area contributed by atoms with Crippen molar-refractivity contribution in [3.8, 4) is 11.5 Å². The molecule has 2 aromatic rings. The maximum absolute atomic E-state index is 12.7. The highest BCUT2D eigenvalue weighted by Crippen LogP contribution is 2.32. The lowest BCUT2D eigenvalue weighted by Crippen LogP contribution is -2.46. The number of nitrogens with zero attached hydrogens (tertiary/aromatic N) is 2. The number of nitrogens with one attached hydrogen (secondary N) is 1. The van der Waals surface area contributed by atoms with Gasteiger partial charge < -0.3 is 14.8 Å². The standard InChI is InChI=1S/C20H25N3O5S/c1-15(16-9-10-18-19(13-16)28-12-11-27-18)21-20(24)14-23(29(25,26)22(2)3)17-7-5-4-6-8-17/h4-10,13,15H,11-12,14H2,1-3H3,(H,21,24)/t15-/m0/s1. The van der Waals surface area contributed by atoms with Crippen LogP contribution in [0.25, 0.3) is 0 Å². The summed E-state index contributed by atoms with van der Waals surface area (Å²) >= 11 is 0. The fourth-order valence-corrected chi connectivity index (χ4v) is 3.99. The number of fused-ring (bicyclic) bond motifs is 1. The summed E-state index contributed by atoms with van der Waals surface area (Å²) in [7, 11) is -0.967. The Labute approximate surface area is 171 Å². The molecule has 3 rings (SSSR count). The molecule has 156 valence electrons. The Balaban J connectivity index is 1.75. The van der Waals surface area contributed by atoms with E-state index < -0.39 is 16.1 Å². The lowest BCUT2D eigenvalue weighted by Gasteiger charge is -2.27. The molecule has 0 fully saturated rings. The van der Waals surface area contributed by atoms with Crippen LogP contribution in [-0.2, 0) is 15.0 Å². The first kappa shape index (κ1) is 20.9. The summed E-state index contributed by atoms with van der Waals surface area (Å²) in [5, 5.41) is 2.85. The number of hydrogen-bond donors (Lipinski definition) is 1. The Morgan fingerprint density at radius 3 is 2.38 bits per heavy atom. The van der Waals surface area contributed by atoms with E-state index in [2.05, 4.69) is 5.32 Å². The van der Waals surface area contributed by atoms with Crippen molar-refractivity contribution in [1.29, 1.82) is 0 Å². The summed E-state index contributed by atoms with van der Waals surface area (Å²) < 4.78 is 38.7. The molecular weight excluding hydrogens is 394 g/mol. The Morgan fingerprint density at radius 1 is 1.07 bits per heavy atom. The molecule has 0 radical (unpaired) electrons. The lowest BCUT2D eigenvalue weighted by molar-refractivity contribution is -0.120. The average molecular weight is 420 g/mol. The highest BCUT2D eigenvalue weighted by Gasteiger charge is 2.27. The van der Waals surface area contributed by atoms with Crippen molar-refractivity contribution >= 4 is 21.8 Å². The van der Waals surface area contributed by atoms with Gasteiger partial charge in [-0.15, -0.1) is 0 Å². The molecule has 0 unspecified atom stereocenters. The summed E-state index contributed by atoms with van der Waals surface area (Å²) in [6.07, 6.45) is 0. The first-order valence-corrected chi connectivity index (χ1v) is 10.6. The van der Waals surface area contributed by atoms with Gasteiger partial charge in [-0.05, 0) is 36.8 Å². The van der Waals surface area contributed by atoms with Gasteiger partial charge in [0.15, 0.2) is 11.5 Å². The Bertz CT molecular complexity index is 963. The summed E-state index contributed by atoms with van der Waals surface area (Å²) in [6, 6.07) is 13.7. The zero-order valence-electron chi connectivity index (χ0n) is 16.7. The van der Waals surface area contributed by atoms with E-state index in [4.69, 9.17) is 9.47 Å². The molecule has 0 saturated heterocycles. The van der Waals surface area contributed by atoms with E-state index in [1.165, 1.54) is 14.1 Å². The maximum atomic E-state index is 12.7. The molecule has 8 nitrogen and oxygen atoms in total. The van der Waals surface area contributed by atoms with Gasteiger partial charge in [-0.3, -0.25) is 4.79 Å². The van der Waals surface area contributed by atoms with Crippen LogP contribution in [0, 0.1) is 0 Å². The van der Waals surface area contributed by atoms with Crippen LogP contribution in [0.1, 0.15) is 18.5 Å². The number of hydrogen-bond acceptors (Lipinski definition) is 5. The first-order valence-electron chi connectivity index (χ1n) is 9.23. The molecule has 0 bridgehead atoms. The first-order chi connectivity index (χ1) is 13.8. The van der Waals surface area contributed by atoms with E-state index in [0.29, 0.717) is 30.4 Å². The molecule has 1 N–H and O–H groups in total. The van der Waals surface area contributed by atoms with Gasteiger partial charge in [0.05, 0.1) is 11.7 Å². The third-order valence-electron chi connectivity index (χ3n) is 4.52. The minimum atomic E-state index is -3.83. The van der Waals surface area contributed by atoms with Crippen LogP contribution in [0.5, 0.6) is 11.5 Å². The zero-order chi connectivity index (χ0) is 21.0. The SMILES string of the molecule is C[C@H](NC(=O)CN(c1ccccc1)S(=O)(=O)N(C)C)c1ccc2c(c1)OCCO2. The van der Waals surface area contributed by atoms with Gasteiger partial charge in [-0.25, -0.2) is 4.31 Å². The van der Waals surface area contributed by atoms with Gasteiger partial charge >= 0.3 is 10.2 Å². The second kappa shape index (κ2) is 8.71. The van der Waals surface area contributed by atoms with Gasteiger partial charge in [-0.2, -0.15) is 12.7 Å². The highest BCUT2D eigenvalue weighted by molar-refractivity contribution is 7.90. The van der Waals surface area contributed by atoms with Gasteiger partial charge in [0, 0.05) is 14.1 Å². The largest absolute Gasteiger partial charge is 0.486 e. The smallest absolute Gasteiger partial charge is 0.304 e. The number of carbonyl (C=O) groups excluding carboxylic acids is 1. The summed E-state index contributed by atoms with van der Waals surface area (Å²) in [6.45, 7) is 2.48. The fraction of sp³-hybridized carbons (Fsp3) is 0.350. The van der Waals surface area contributed by atoms with Crippen LogP contribution in [0.15, 0.2) is 48.5 Å². The molecule has 1 atom stereocenters. The third-order valence-corrected chi connectivity index (χ3v) is 6.33. The molecular formula is C20H25N3O5S. The van der Waals surface area contributed by atoms with Crippen LogP contribution in [0.3, 0.4) is 0 Å². The quantitative estimate of drug-likeness (QED) is 0.741. The molecule has 0 saturated carbocycles. The van der Waals surface area contributed by atoms with E-state index in [1.54, 1.807) is 36.4 Å². The molecule has 1 heterocycles. The van der Waals surface area contributed by atoms with E-state index in [0.717, 1.165) is 14.2 Å². The number of benzene rings is 2. The van der Waals surface area contributed by atoms with Crippen molar-refractivity contribution < 1.29 is 22.7 Å². The highest BCUT2D eigenvalue weighted by atomic mass is 32.2. The zero-order valence-corrected chi connectivity index (χ0v) is 17.5. The number of amides is 1. The monoisotopic (exact) mass is 419 g/mol. The minimum Gasteiger partial charge on any atom is -0.486 e. The second-order valence-electron chi connectivity index (χ2n) is 6.82. The van der Waals surface area contributed by atoms with Crippen LogP contribution in [-0.4, -0.2) is 52.5 Å². The average Bonchev–Trinajstić information content (AvgIpc) is 2.72. The molecule has 2 aromatic carbocycles. The van der Waals surface area contributed by atoms with E-state index in [9.17, 15) is 13.2 Å². The van der Waals surface area contributed by atoms with Crippen LogP contribution >= 0.6 is 0 Å². The molecule has 1 amide bonds. The predicted octanol–water partition coefficient (Wildman–Crippen LogP) is 1.95. The van der Waals surface area contributed by atoms with E-state index in [1.807, 2.05) is 19.1 Å². The van der Waals surface area contributed by atoms with Gasteiger partial charge in [0.25, 0.3) is 0 Å². The van der Waals surface area contributed by atoms with Crippen LogP contribution in [0.2, 0.25) is 0 Å². The maximum Gasteiger partial charge on any atom is 0.304 e. The van der Waals surface area contributed by atoms with Crippen molar-refractivity contribution in [2.75, 3.05) is 38.2 Å². The number of para-hydroxylation sites is 1. The normalized spacial score (nSPS) is 14.3. The number of carbonyl (C=O) groups is 1. The van der Waals surface area contributed by atoms with Crippen molar-refractivity contribution in [2.24, 2.45) is 0 Å². The van der Waals surface area contributed by atoms with Crippen molar-refractivity contribution in [2.45, 2.75) is 13.0 Å². The Morgan fingerprint density at radius 2 is 1.72 bits per heavy atom. The minimum absolute atomic E-state index is 0.334. The molecule has 0 spiro atoms.